The van der Waals surface area contributed by atoms with Gasteiger partial charge in [0.25, 0.3) is 5.91 Å². The zero-order valence-corrected chi connectivity index (χ0v) is 10.5. The molecule has 0 saturated heterocycles. The zero-order chi connectivity index (χ0) is 13.3. The van der Waals surface area contributed by atoms with Crippen LogP contribution in [0.25, 0.3) is 10.9 Å². The summed E-state index contributed by atoms with van der Waals surface area (Å²) in [4.78, 5) is 23.2. The van der Waals surface area contributed by atoms with Crippen LogP contribution in [0.15, 0.2) is 29.1 Å². The smallest absolute Gasteiger partial charge is 0.253 e. The van der Waals surface area contributed by atoms with E-state index in [1.165, 1.54) is 6.07 Å². The molecule has 0 unspecified atom stereocenters. The Kier molecular flexibility index (Phi) is 3.36. The topological polar surface area (TPSA) is 77.1 Å². The Balaban J connectivity index is 2.72. The highest BCUT2D eigenvalue weighted by molar-refractivity contribution is 6.31. The molecule has 0 saturated carbocycles. The summed E-state index contributed by atoms with van der Waals surface area (Å²) < 4.78 is 1.72. The van der Waals surface area contributed by atoms with E-state index < -0.39 is 0 Å². The number of benzene rings is 1. The highest BCUT2D eigenvalue weighted by Gasteiger charge is 2.09. The number of carbonyl (C=O) groups excluding carboxylic acids is 1. The second-order valence-electron chi connectivity index (χ2n) is 3.97. The number of hydrogen-bond donors (Lipinski definition) is 2. The van der Waals surface area contributed by atoms with Gasteiger partial charge < -0.3 is 4.57 Å². The minimum Gasteiger partial charge on any atom is -0.335 e. The number of amides is 1. The number of halogens is 1. The van der Waals surface area contributed by atoms with E-state index in [0.717, 1.165) is 0 Å². The fraction of sp³-hybridized carbons (Fsp3) is 0.167. The van der Waals surface area contributed by atoms with Crippen molar-refractivity contribution in [3.8, 4) is 0 Å². The number of nitrogens with zero attached hydrogens (tertiary/aromatic N) is 1. The second-order valence-corrected chi connectivity index (χ2v) is 4.40. The van der Waals surface area contributed by atoms with Crippen LogP contribution in [0.3, 0.4) is 0 Å². The van der Waals surface area contributed by atoms with E-state index in [9.17, 15) is 9.59 Å². The van der Waals surface area contributed by atoms with Gasteiger partial charge in [-0.3, -0.25) is 15.0 Å². The van der Waals surface area contributed by atoms with Gasteiger partial charge >= 0.3 is 0 Å². The maximum absolute atomic E-state index is 11.9. The third kappa shape index (κ3) is 2.23. The summed E-state index contributed by atoms with van der Waals surface area (Å²) in [6.07, 6.45) is 0. The first kappa shape index (κ1) is 12.6. The molecular formula is C12H12ClN3O2. The number of nitrogens with two attached hydrogens (primary N) is 1. The highest BCUT2D eigenvalue weighted by Crippen LogP contribution is 2.17. The van der Waals surface area contributed by atoms with Crippen molar-refractivity contribution in [1.29, 1.82) is 0 Å². The molecule has 2 rings (SSSR count). The van der Waals surface area contributed by atoms with Crippen molar-refractivity contribution < 1.29 is 4.79 Å². The van der Waals surface area contributed by atoms with Crippen molar-refractivity contribution in [3.05, 3.63) is 45.2 Å². The Hall–Kier alpha value is -1.85. The van der Waals surface area contributed by atoms with E-state index in [1.54, 1.807) is 29.7 Å². The van der Waals surface area contributed by atoms with Gasteiger partial charge in [-0.1, -0.05) is 11.6 Å². The van der Waals surface area contributed by atoms with E-state index in [1.807, 2.05) is 0 Å². The predicted octanol–water partition coefficient (Wildman–Crippen LogP) is 0.953. The van der Waals surface area contributed by atoms with Crippen LogP contribution < -0.4 is 16.7 Å². The number of pyridine rings is 1. The van der Waals surface area contributed by atoms with Crippen molar-refractivity contribution >= 4 is 28.4 Å². The Morgan fingerprint density at radius 2 is 2.17 bits per heavy atom. The molecule has 1 heterocycles. The average Bonchev–Trinajstić information content (AvgIpc) is 2.34. The molecule has 0 radical (unpaired) electrons. The number of aromatic nitrogens is 1. The average molecular weight is 266 g/mol. The molecule has 5 nitrogen and oxygen atoms in total. The molecular weight excluding hydrogens is 254 g/mol. The largest absolute Gasteiger partial charge is 0.335 e. The molecule has 3 N–H and O–H groups in total. The van der Waals surface area contributed by atoms with Crippen LogP contribution in [0.5, 0.6) is 0 Å². The van der Waals surface area contributed by atoms with E-state index in [-0.39, 0.29) is 17.9 Å². The van der Waals surface area contributed by atoms with Crippen molar-refractivity contribution in [2.24, 2.45) is 5.84 Å². The molecule has 0 spiro atoms. The standard InChI is InChI=1S/C12H12ClN3O2/c1-7-4-11(17)9-5-8(13)2-3-10(9)16(7)6-12(18)15-14/h2-5H,6,14H2,1H3,(H,15,18). The summed E-state index contributed by atoms with van der Waals surface area (Å²) in [6.45, 7) is 1.82. The van der Waals surface area contributed by atoms with Crippen LogP contribution in [0.4, 0.5) is 0 Å². The molecule has 0 atom stereocenters. The summed E-state index contributed by atoms with van der Waals surface area (Å²) in [7, 11) is 0. The van der Waals surface area contributed by atoms with Crippen molar-refractivity contribution in [2.45, 2.75) is 13.5 Å². The summed E-state index contributed by atoms with van der Waals surface area (Å²) >= 11 is 5.87. The lowest BCUT2D eigenvalue weighted by Crippen LogP contribution is -2.34. The van der Waals surface area contributed by atoms with Crippen LogP contribution in [-0.4, -0.2) is 10.5 Å². The van der Waals surface area contributed by atoms with Crippen molar-refractivity contribution in [2.75, 3.05) is 0 Å². The normalized spacial score (nSPS) is 10.6. The van der Waals surface area contributed by atoms with Gasteiger partial charge in [0.05, 0.1) is 5.52 Å². The summed E-state index contributed by atoms with van der Waals surface area (Å²) in [5, 5.41) is 0.969. The van der Waals surface area contributed by atoms with Gasteiger partial charge in [-0.2, -0.15) is 0 Å². The Morgan fingerprint density at radius 1 is 1.44 bits per heavy atom. The second kappa shape index (κ2) is 4.80. The maximum Gasteiger partial charge on any atom is 0.253 e. The van der Waals surface area contributed by atoms with Crippen LogP contribution in [0, 0.1) is 6.92 Å². The molecule has 0 aliphatic heterocycles. The molecule has 0 fully saturated rings. The van der Waals surface area contributed by atoms with E-state index in [0.29, 0.717) is 21.6 Å². The lowest BCUT2D eigenvalue weighted by molar-refractivity contribution is -0.121. The molecule has 0 bridgehead atoms. The van der Waals surface area contributed by atoms with Crippen molar-refractivity contribution in [1.82, 2.24) is 9.99 Å². The molecule has 94 valence electrons. The summed E-state index contributed by atoms with van der Waals surface area (Å²) in [6, 6.07) is 6.47. The summed E-state index contributed by atoms with van der Waals surface area (Å²) in [5.41, 5.74) is 3.30. The van der Waals surface area contributed by atoms with Crippen LogP contribution in [0.1, 0.15) is 5.69 Å². The number of rotatable bonds is 2. The van der Waals surface area contributed by atoms with E-state index >= 15 is 0 Å². The first-order valence-corrected chi connectivity index (χ1v) is 5.70. The fourth-order valence-electron chi connectivity index (χ4n) is 1.88. The number of nitrogens with one attached hydrogen (secondary N) is 1. The minimum absolute atomic E-state index is 0.0563. The van der Waals surface area contributed by atoms with E-state index in [4.69, 9.17) is 17.4 Å². The third-order valence-electron chi connectivity index (χ3n) is 2.74. The van der Waals surface area contributed by atoms with E-state index in [2.05, 4.69) is 5.43 Å². The molecule has 6 heteroatoms. The zero-order valence-electron chi connectivity index (χ0n) is 9.74. The molecule has 1 amide bonds. The molecule has 0 aliphatic carbocycles. The highest BCUT2D eigenvalue weighted by atomic mass is 35.5. The van der Waals surface area contributed by atoms with Gasteiger partial charge in [0.2, 0.25) is 0 Å². The quantitative estimate of drug-likeness (QED) is 0.482. The number of hydrazine groups is 1. The summed E-state index contributed by atoms with van der Waals surface area (Å²) in [5.74, 6) is 4.74. The van der Waals surface area contributed by atoms with Crippen LogP contribution >= 0.6 is 11.6 Å². The Morgan fingerprint density at radius 3 is 2.83 bits per heavy atom. The minimum atomic E-state index is -0.335. The van der Waals surface area contributed by atoms with Gasteiger partial charge in [0, 0.05) is 22.2 Å². The van der Waals surface area contributed by atoms with Gasteiger partial charge in [-0.25, -0.2) is 5.84 Å². The maximum atomic E-state index is 11.9. The van der Waals surface area contributed by atoms with Gasteiger partial charge in [0.15, 0.2) is 5.43 Å². The number of carbonyl (C=O) groups is 1. The first-order chi connectivity index (χ1) is 8.52. The molecule has 1 aromatic heterocycles. The third-order valence-corrected chi connectivity index (χ3v) is 2.98. The fourth-order valence-corrected chi connectivity index (χ4v) is 2.05. The molecule has 18 heavy (non-hydrogen) atoms. The van der Waals surface area contributed by atoms with Crippen molar-refractivity contribution in [3.63, 3.8) is 0 Å². The lowest BCUT2D eigenvalue weighted by Gasteiger charge is -2.13. The number of aryl methyl sites for hydroxylation is 1. The monoisotopic (exact) mass is 265 g/mol. The molecule has 2 aromatic rings. The Labute approximate surface area is 108 Å². The van der Waals surface area contributed by atoms with Gasteiger partial charge in [0.1, 0.15) is 6.54 Å². The lowest BCUT2D eigenvalue weighted by atomic mass is 10.2. The van der Waals surface area contributed by atoms with Gasteiger partial charge in [-0.15, -0.1) is 0 Å². The van der Waals surface area contributed by atoms with Crippen LogP contribution in [-0.2, 0) is 11.3 Å². The van der Waals surface area contributed by atoms with Gasteiger partial charge in [-0.05, 0) is 25.1 Å². The Bertz CT molecular complexity index is 679. The van der Waals surface area contributed by atoms with Crippen LogP contribution in [0.2, 0.25) is 5.02 Å². The SMILES string of the molecule is Cc1cc(=O)c2cc(Cl)ccc2n1CC(=O)NN. The molecule has 0 aliphatic rings. The molecule has 1 aromatic carbocycles. The predicted molar refractivity (Wildman–Crippen MR) is 70.3 cm³/mol. The number of fused-ring (bicyclic) bond motifs is 1. The number of hydrogen-bond acceptors (Lipinski definition) is 3. The first-order valence-electron chi connectivity index (χ1n) is 5.32.